The van der Waals surface area contributed by atoms with Crippen LogP contribution in [0.15, 0.2) is 6.20 Å². The van der Waals surface area contributed by atoms with Gasteiger partial charge in [0.1, 0.15) is 0 Å². The summed E-state index contributed by atoms with van der Waals surface area (Å²) >= 11 is 0. The predicted octanol–water partition coefficient (Wildman–Crippen LogP) is 3.11. The van der Waals surface area contributed by atoms with Crippen LogP contribution in [0.2, 0.25) is 0 Å². The summed E-state index contributed by atoms with van der Waals surface area (Å²) in [6, 6.07) is 1.32. The van der Waals surface area contributed by atoms with Gasteiger partial charge in [-0.15, -0.1) is 0 Å². The summed E-state index contributed by atoms with van der Waals surface area (Å²) in [5, 5.41) is 8.54. The Bertz CT molecular complexity index is 462. The van der Waals surface area contributed by atoms with Gasteiger partial charge in [0, 0.05) is 30.9 Å². The molecule has 19 heavy (non-hydrogen) atoms. The fraction of sp³-hybridized carbons (Fsp3) is 0.812. The normalized spacial score (nSPS) is 29.4. The fourth-order valence-corrected chi connectivity index (χ4v) is 4.20. The summed E-state index contributed by atoms with van der Waals surface area (Å²) in [6.45, 7) is 0. The van der Waals surface area contributed by atoms with E-state index in [1.54, 1.807) is 0 Å². The molecule has 2 fully saturated rings. The lowest BCUT2D eigenvalue weighted by Gasteiger charge is -2.33. The average Bonchev–Trinajstić information content (AvgIpc) is 3.04. The molecule has 1 heterocycles. The number of hydrogen-bond acceptors (Lipinski definition) is 2. The van der Waals surface area contributed by atoms with Gasteiger partial charge >= 0.3 is 0 Å². The van der Waals surface area contributed by atoms with Crippen LogP contribution in [0.1, 0.15) is 68.7 Å². The van der Waals surface area contributed by atoms with E-state index in [-0.39, 0.29) is 0 Å². The second-order valence-electron chi connectivity index (χ2n) is 7.09. The van der Waals surface area contributed by atoms with Crippen molar-refractivity contribution < 1.29 is 0 Å². The maximum absolute atomic E-state index is 4.60. The van der Waals surface area contributed by atoms with E-state index in [1.807, 2.05) is 11.7 Å². The van der Waals surface area contributed by atoms with Crippen LogP contribution in [-0.4, -0.2) is 15.8 Å². The highest BCUT2D eigenvalue weighted by Crippen LogP contribution is 2.56. The first-order chi connectivity index (χ1) is 9.24. The zero-order valence-corrected chi connectivity index (χ0v) is 12.0. The Morgan fingerprint density at radius 3 is 2.74 bits per heavy atom. The first-order valence-corrected chi connectivity index (χ1v) is 8.03. The Kier molecular flexibility index (Phi) is 2.73. The summed E-state index contributed by atoms with van der Waals surface area (Å²) in [5.41, 5.74) is 3.62. The smallest absolute Gasteiger partial charge is 0.0672 e. The van der Waals surface area contributed by atoms with Crippen LogP contribution in [0.4, 0.5) is 0 Å². The molecule has 0 aliphatic heterocycles. The molecule has 0 aromatic carbocycles. The minimum atomic E-state index is 0.565. The third-order valence-corrected chi connectivity index (χ3v) is 5.66. The first-order valence-electron chi connectivity index (χ1n) is 8.03. The van der Waals surface area contributed by atoms with E-state index in [2.05, 4.69) is 16.6 Å². The SMILES string of the molecule is Cn1cc2c(n1)CCCC2NC1CCC2(CC1)CC2. The van der Waals surface area contributed by atoms with Crippen molar-refractivity contribution in [1.82, 2.24) is 15.1 Å². The average molecular weight is 259 g/mol. The molecule has 0 saturated heterocycles. The van der Waals surface area contributed by atoms with Gasteiger partial charge in [0.05, 0.1) is 5.69 Å². The molecular formula is C16H25N3. The van der Waals surface area contributed by atoms with Crippen LogP contribution in [0.5, 0.6) is 0 Å². The van der Waals surface area contributed by atoms with E-state index in [4.69, 9.17) is 0 Å². The monoisotopic (exact) mass is 259 g/mol. The summed E-state index contributed by atoms with van der Waals surface area (Å²) < 4.78 is 1.99. The highest BCUT2D eigenvalue weighted by atomic mass is 15.3. The number of nitrogens with one attached hydrogen (secondary N) is 1. The van der Waals surface area contributed by atoms with Crippen LogP contribution >= 0.6 is 0 Å². The minimum absolute atomic E-state index is 0.565. The molecule has 0 radical (unpaired) electrons. The molecule has 3 aliphatic rings. The van der Waals surface area contributed by atoms with Crippen LogP contribution < -0.4 is 5.32 Å². The molecule has 3 nitrogen and oxygen atoms in total. The number of rotatable bonds is 2. The molecule has 104 valence electrons. The molecule has 3 aliphatic carbocycles. The topological polar surface area (TPSA) is 29.9 Å². The van der Waals surface area contributed by atoms with E-state index in [0.29, 0.717) is 6.04 Å². The molecule has 1 spiro atoms. The number of nitrogens with zero attached hydrogens (tertiary/aromatic N) is 2. The Morgan fingerprint density at radius 2 is 2.00 bits per heavy atom. The zero-order chi connectivity index (χ0) is 12.9. The molecule has 0 bridgehead atoms. The van der Waals surface area contributed by atoms with Crippen LogP contribution in [0.25, 0.3) is 0 Å². The summed E-state index contributed by atoms with van der Waals surface area (Å²) in [4.78, 5) is 0. The fourth-order valence-electron chi connectivity index (χ4n) is 4.20. The van der Waals surface area contributed by atoms with Gasteiger partial charge in [-0.25, -0.2) is 0 Å². The summed E-state index contributed by atoms with van der Waals surface area (Å²) in [6.07, 6.45) is 14.7. The minimum Gasteiger partial charge on any atom is -0.307 e. The lowest BCUT2D eigenvalue weighted by Crippen LogP contribution is -2.37. The Hall–Kier alpha value is -0.830. The van der Waals surface area contributed by atoms with Crippen molar-refractivity contribution in [2.24, 2.45) is 12.5 Å². The molecule has 1 aromatic heterocycles. The molecule has 0 amide bonds. The molecule has 1 atom stereocenters. The second-order valence-corrected chi connectivity index (χ2v) is 7.09. The molecule has 1 aromatic rings. The zero-order valence-electron chi connectivity index (χ0n) is 12.0. The Morgan fingerprint density at radius 1 is 1.21 bits per heavy atom. The predicted molar refractivity (Wildman–Crippen MR) is 75.9 cm³/mol. The van der Waals surface area contributed by atoms with Crippen molar-refractivity contribution in [3.05, 3.63) is 17.5 Å². The third-order valence-electron chi connectivity index (χ3n) is 5.66. The van der Waals surface area contributed by atoms with Gasteiger partial charge in [-0.05, 0) is 63.2 Å². The van der Waals surface area contributed by atoms with Crippen molar-refractivity contribution in [2.75, 3.05) is 0 Å². The number of aromatic nitrogens is 2. The van der Waals surface area contributed by atoms with Crippen molar-refractivity contribution in [2.45, 2.75) is 69.9 Å². The van der Waals surface area contributed by atoms with E-state index >= 15 is 0 Å². The van der Waals surface area contributed by atoms with Gasteiger partial charge < -0.3 is 5.32 Å². The first kappa shape index (κ1) is 12.0. The van der Waals surface area contributed by atoms with E-state index < -0.39 is 0 Å². The molecule has 4 rings (SSSR count). The van der Waals surface area contributed by atoms with Crippen molar-refractivity contribution in [1.29, 1.82) is 0 Å². The third kappa shape index (κ3) is 2.22. The van der Waals surface area contributed by atoms with Gasteiger partial charge in [-0.1, -0.05) is 0 Å². The maximum atomic E-state index is 4.60. The standard InChI is InChI=1S/C16H25N3/c1-19-11-13-14(3-2-4-15(13)18-19)17-12-5-7-16(8-6-12)9-10-16/h11-12,14,17H,2-10H2,1H3. The van der Waals surface area contributed by atoms with E-state index in [0.717, 1.165) is 11.5 Å². The summed E-state index contributed by atoms with van der Waals surface area (Å²) in [7, 11) is 2.05. The highest BCUT2D eigenvalue weighted by Gasteiger charge is 2.44. The van der Waals surface area contributed by atoms with Gasteiger partial charge in [-0.3, -0.25) is 4.68 Å². The van der Waals surface area contributed by atoms with Crippen molar-refractivity contribution >= 4 is 0 Å². The quantitative estimate of drug-likeness (QED) is 0.884. The molecule has 1 unspecified atom stereocenters. The maximum Gasteiger partial charge on any atom is 0.0672 e. The Labute approximate surface area is 115 Å². The van der Waals surface area contributed by atoms with Gasteiger partial charge in [0.15, 0.2) is 0 Å². The lowest BCUT2D eigenvalue weighted by molar-refractivity contribution is 0.252. The van der Waals surface area contributed by atoms with Crippen LogP contribution in [-0.2, 0) is 13.5 Å². The molecule has 2 saturated carbocycles. The van der Waals surface area contributed by atoms with Crippen molar-refractivity contribution in [3.63, 3.8) is 0 Å². The molecule has 1 N–H and O–H groups in total. The van der Waals surface area contributed by atoms with Crippen molar-refractivity contribution in [3.8, 4) is 0 Å². The second kappa shape index (κ2) is 4.34. The summed E-state index contributed by atoms with van der Waals surface area (Å²) in [5.74, 6) is 0. The van der Waals surface area contributed by atoms with Gasteiger partial charge in [-0.2, -0.15) is 5.10 Å². The molecule has 3 heteroatoms. The van der Waals surface area contributed by atoms with Crippen LogP contribution in [0.3, 0.4) is 0 Å². The van der Waals surface area contributed by atoms with Gasteiger partial charge in [0.25, 0.3) is 0 Å². The molecular weight excluding hydrogens is 234 g/mol. The Balaban J connectivity index is 1.43. The van der Waals surface area contributed by atoms with E-state index in [9.17, 15) is 0 Å². The van der Waals surface area contributed by atoms with E-state index in [1.165, 1.54) is 69.0 Å². The number of fused-ring (bicyclic) bond motifs is 1. The number of hydrogen-bond donors (Lipinski definition) is 1. The number of aryl methyl sites for hydroxylation is 2. The van der Waals surface area contributed by atoms with Crippen LogP contribution in [0, 0.1) is 5.41 Å². The van der Waals surface area contributed by atoms with Gasteiger partial charge in [0.2, 0.25) is 0 Å². The largest absolute Gasteiger partial charge is 0.307 e. The lowest BCUT2D eigenvalue weighted by atomic mass is 9.82. The highest BCUT2D eigenvalue weighted by molar-refractivity contribution is 5.24.